The van der Waals surface area contributed by atoms with E-state index in [9.17, 15) is 14.0 Å². The van der Waals surface area contributed by atoms with E-state index in [1.54, 1.807) is 43.6 Å². The molecule has 32 heavy (non-hydrogen) atoms. The fourth-order valence-corrected chi connectivity index (χ4v) is 4.83. The number of halogens is 1. The Morgan fingerprint density at radius 3 is 2.59 bits per heavy atom. The number of amides is 2. The number of aromatic nitrogens is 1. The average molecular weight is 452 g/mol. The Bertz CT molecular complexity index is 1070. The van der Waals surface area contributed by atoms with Gasteiger partial charge in [-0.15, -0.1) is 11.3 Å². The van der Waals surface area contributed by atoms with Crippen LogP contribution in [-0.4, -0.2) is 22.8 Å². The molecule has 0 unspecified atom stereocenters. The molecule has 166 valence electrons. The SMILES string of the molecule is Cc1ccc(N(C(=O)Cc2cccs2)[C@@H](C(=O)NC2CCCC2)c2ccncc2)cc1F. The van der Waals surface area contributed by atoms with Crippen molar-refractivity contribution in [1.29, 1.82) is 0 Å². The van der Waals surface area contributed by atoms with E-state index in [-0.39, 0.29) is 24.3 Å². The molecule has 1 saturated carbocycles. The lowest BCUT2D eigenvalue weighted by atomic mass is 10.0. The number of nitrogens with one attached hydrogen (secondary N) is 1. The van der Waals surface area contributed by atoms with Gasteiger partial charge in [-0.25, -0.2) is 4.39 Å². The third kappa shape index (κ3) is 5.05. The maximum Gasteiger partial charge on any atom is 0.248 e. The summed E-state index contributed by atoms with van der Waals surface area (Å²) in [5.41, 5.74) is 1.48. The van der Waals surface area contributed by atoms with Gasteiger partial charge in [0.05, 0.1) is 6.42 Å². The minimum Gasteiger partial charge on any atom is -0.351 e. The van der Waals surface area contributed by atoms with E-state index in [4.69, 9.17) is 0 Å². The molecular formula is C25H26FN3O2S. The highest BCUT2D eigenvalue weighted by molar-refractivity contribution is 7.10. The Labute approximate surface area is 191 Å². The minimum atomic E-state index is -0.923. The van der Waals surface area contributed by atoms with Crippen LogP contribution >= 0.6 is 11.3 Å². The van der Waals surface area contributed by atoms with Crippen molar-refractivity contribution in [1.82, 2.24) is 10.3 Å². The number of aryl methyl sites for hydroxylation is 1. The first kappa shape index (κ1) is 22.1. The molecular weight excluding hydrogens is 425 g/mol. The number of pyridine rings is 1. The largest absolute Gasteiger partial charge is 0.351 e. The van der Waals surface area contributed by atoms with Crippen molar-refractivity contribution in [3.05, 3.63) is 82.1 Å². The summed E-state index contributed by atoms with van der Waals surface area (Å²) in [5.74, 6) is -0.941. The van der Waals surface area contributed by atoms with Crippen LogP contribution in [0.5, 0.6) is 0 Å². The second-order valence-corrected chi connectivity index (χ2v) is 9.16. The summed E-state index contributed by atoms with van der Waals surface area (Å²) in [6.45, 7) is 1.67. The van der Waals surface area contributed by atoms with E-state index in [2.05, 4.69) is 10.3 Å². The molecule has 7 heteroatoms. The van der Waals surface area contributed by atoms with Gasteiger partial charge in [0.15, 0.2) is 0 Å². The van der Waals surface area contributed by atoms with Crippen LogP contribution in [0.4, 0.5) is 10.1 Å². The fourth-order valence-electron chi connectivity index (χ4n) is 4.13. The Morgan fingerprint density at radius 1 is 1.19 bits per heavy atom. The van der Waals surface area contributed by atoms with Gasteiger partial charge in [-0.1, -0.05) is 25.0 Å². The molecule has 0 aliphatic heterocycles. The minimum absolute atomic E-state index is 0.0934. The van der Waals surface area contributed by atoms with Crippen LogP contribution in [0.3, 0.4) is 0 Å². The summed E-state index contributed by atoms with van der Waals surface area (Å²) in [6.07, 6.45) is 7.34. The molecule has 0 saturated heterocycles. The molecule has 2 amide bonds. The van der Waals surface area contributed by atoms with Crippen LogP contribution in [-0.2, 0) is 16.0 Å². The van der Waals surface area contributed by atoms with Crippen LogP contribution in [0.1, 0.15) is 47.7 Å². The summed E-state index contributed by atoms with van der Waals surface area (Å²) in [5, 5.41) is 5.03. The van der Waals surface area contributed by atoms with Crippen molar-refractivity contribution in [2.75, 3.05) is 4.90 Å². The van der Waals surface area contributed by atoms with Crippen LogP contribution < -0.4 is 10.2 Å². The number of hydrogen-bond donors (Lipinski definition) is 1. The molecule has 1 aliphatic rings. The Hall–Kier alpha value is -3.06. The molecule has 2 heterocycles. The summed E-state index contributed by atoms with van der Waals surface area (Å²) in [4.78, 5) is 33.5. The van der Waals surface area contributed by atoms with E-state index in [1.165, 1.54) is 22.3 Å². The molecule has 5 nitrogen and oxygen atoms in total. The summed E-state index contributed by atoms with van der Waals surface area (Å²) < 4.78 is 14.5. The fraction of sp³-hybridized carbons (Fsp3) is 0.320. The highest BCUT2D eigenvalue weighted by atomic mass is 32.1. The lowest BCUT2D eigenvalue weighted by Gasteiger charge is -2.32. The van der Waals surface area contributed by atoms with Crippen LogP contribution in [0.25, 0.3) is 0 Å². The highest BCUT2D eigenvalue weighted by Gasteiger charge is 2.34. The second kappa shape index (κ2) is 10.0. The van der Waals surface area contributed by atoms with E-state index in [0.29, 0.717) is 16.8 Å². The van der Waals surface area contributed by atoms with Gasteiger partial charge in [0.25, 0.3) is 0 Å². The van der Waals surface area contributed by atoms with Crippen molar-refractivity contribution in [3.8, 4) is 0 Å². The van der Waals surface area contributed by atoms with Gasteiger partial charge in [-0.3, -0.25) is 19.5 Å². The first-order valence-electron chi connectivity index (χ1n) is 10.8. The molecule has 1 atom stereocenters. The third-order valence-electron chi connectivity index (χ3n) is 5.84. The van der Waals surface area contributed by atoms with Crippen molar-refractivity contribution in [3.63, 3.8) is 0 Å². The van der Waals surface area contributed by atoms with Crippen molar-refractivity contribution in [2.24, 2.45) is 0 Å². The van der Waals surface area contributed by atoms with E-state index in [0.717, 1.165) is 30.6 Å². The second-order valence-electron chi connectivity index (χ2n) is 8.13. The van der Waals surface area contributed by atoms with Gasteiger partial charge in [0.1, 0.15) is 11.9 Å². The predicted octanol–water partition coefficient (Wildman–Crippen LogP) is 4.97. The van der Waals surface area contributed by atoms with Gasteiger partial charge in [-0.2, -0.15) is 0 Å². The zero-order valence-corrected chi connectivity index (χ0v) is 18.8. The maximum absolute atomic E-state index is 14.5. The number of benzene rings is 1. The van der Waals surface area contributed by atoms with Crippen molar-refractivity contribution < 1.29 is 14.0 Å². The third-order valence-corrected chi connectivity index (χ3v) is 6.71. The molecule has 4 rings (SSSR count). The van der Waals surface area contributed by atoms with Gasteiger partial charge < -0.3 is 5.32 Å². The van der Waals surface area contributed by atoms with Gasteiger partial charge >= 0.3 is 0 Å². The molecule has 3 aromatic rings. The molecule has 0 spiro atoms. The van der Waals surface area contributed by atoms with Gasteiger partial charge in [0, 0.05) is 29.0 Å². The van der Waals surface area contributed by atoms with Crippen LogP contribution in [0.2, 0.25) is 0 Å². The molecule has 1 N–H and O–H groups in total. The maximum atomic E-state index is 14.5. The number of anilines is 1. The van der Waals surface area contributed by atoms with Crippen molar-refractivity contribution in [2.45, 2.75) is 51.1 Å². The number of rotatable bonds is 7. The normalized spacial score (nSPS) is 14.8. The summed E-state index contributed by atoms with van der Waals surface area (Å²) >= 11 is 1.48. The monoisotopic (exact) mass is 451 g/mol. The number of hydrogen-bond acceptors (Lipinski definition) is 4. The highest BCUT2D eigenvalue weighted by Crippen LogP contribution is 2.31. The molecule has 1 aromatic carbocycles. The van der Waals surface area contributed by atoms with Gasteiger partial charge in [0.2, 0.25) is 11.8 Å². The Morgan fingerprint density at radius 2 is 1.94 bits per heavy atom. The number of carbonyl (C=O) groups is 2. The smallest absolute Gasteiger partial charge is 0.248 e. The van der Waals surface area contributed by atoms with E-state index < -0.39 is 11.9 Å². The van der Waals surface area contributed by atoms with Crippen LogP contribution in [0, 0.1) is 12.7 Å². The quantitative estimate of drug-likeness (QED) is 0.552. The lowest BCUT2D eigenvalue weighted by molar-refractivity contribution is -0.127. The Balaban J connectivity index is 1.76. The summed E-state index contributed by atoms with van der Waals surface area (Å²) in [7, 11) is 0. The van der Waals surface area contributed by atoms with Gasteiger partial charge in [-0.05, 0) is 66.6 Å². The van der Waals surface area contributed by atoms with Crippen LogP contribution in [0.15, 0.2) is 60.2 Å². The first-order valence-corrected chi connectivity index (χ1v) is 11.7. The molecule has 0 radical (unpaired) electrons. The van der Waals surface area contributed by atoms with Crippen molar-refractivity contribution >= 4 is 28.8 Å². The average Bonchev–Trinajstić information content (AvgIpc) is 3.49. The molecule has 1 aliphatic carbocycles. The summed E-state index contributed by atoms with van der Waals surface area (Å²) in [6, 6.07) is 11.1. The topological polar surface area (TPSA) is 62.3 Å². The molecule has 1 fully saturated rings. The Kier molecular flexibility index (Phi) is 6.95. The van der Waals surface area contributed by atoms with E-state index in [1.807, 2.05) is 17.5 Å². The lowest BCUT2D eigenvalue weighted by Crippen LogP contribution is -2.46. The van der Waals surface area contributed by atoms with E-state index >= 15 is 0 Å². The zero-order chi connectivity index (χ0) is 22.5. The number of nitrogens with zero attached hydrogens (tertiary/aromatic N) is 2. The number of thiophene rings is 1. The standard InChI is InChI=1S/C25H26FN3O2S/c1-17-8-9-20(15-22(17)26)29(23(30)16-21-7-4-14-32-21)24(18-10-12-27-13-11-18)25(31)28-19-5-2-3-6-19/h4,7-15,19,24H,2-3,5-6,16H2,1H3,(H,28,31)/t24-/m1/s1. The molecule has 0 bridgehead atoms. The zero-order valence-electron chi connectivity index (χ0n) is 18.0. The number of carbonyl (C=O) groups excluding carboxylic acids is 2. The first-order chi connectivity index (χ1) is 15.5. The molecule has 2 aromatic heterocycles. The predicted molar refractivity (Wildman–Crippen MR) is 124 cm³/mol.